The summed E-state index contributed by atoms with van der Waals surface area (Å²) in [6.45, 7) is 2.46. The Kier molecular flexibility index (Phi) is 5.05. The maximum Gasteiger partial charge on any atom is 0.323 e. The van der Waals surface area contributed by atoms with Gasteiger partial charge < -0.3 is 9.84 Å². The van der Waals surface area contributed by atoms with Gasteiger partial charge in [0.1, 0.15) is 6.04 Å². The van der Waals surface area contributed by atoms with Crippen molar-refractivity contribution < 1.29 is 14.6 Å². The molecule has 0 aromatic carbocycles. The molecule has 0 saturated heterocycles. The molecular weight excluding hydrogens is 194 g/mol. The third-order valence-corrected chi connectivity index (χ3v) is 3.00. The summed E-state index contributed by atoms with van der Waals surface area (Å²) in [5, 5.41) is 12.1. The number of methoxy groups -OCH3 is 1. The molecule has 0 spiro atoms. The number of carboxylic acid groups (broad SMARTS) is 1. The van der Waals surface area contributed by atoms with Gasteiger partial charge in [-0.1, -0.05) is 19.8 Å². The van der Waals surface area contributed by atoms with Crippen LogP contribution in [0.1, 0.15) is 32.6 Å². The van der Waals surface area contributed by atoms with Crippen molar-refractivity contribution in [2.24, 2.45) is 5.92 Å². The highest BCUT2D eigenvalue weighted by molar-refractivity contribution is 5.73. The number of carbonyl (C=O) groups is 1. The molecule has 2 N–H and O–H groups in total. The summed E-state index contributed by atoms with van der Waals surface area (Å²) in [7, 11) is 1.53. The van der Waals surface area contributed by atoms with Gasteiger partial charge in [-0.15, -0.1) is 0 Å². The molecule has 0 bridgehead atoms. The highest BCUT2D eigenvalue weighted by Gasteiger charge is 2.24. The summed E-state index contributed by atoms with van der Waals surface area (Å²) in [6, 6.07) is -0.227. The lowest BCUT2D eigenvalue weighted by Gasteiger charge is -2.29. The number of ether oxygens (including phenoxy) is 1. The van der Waals surface area contributed by atoms with Crippen molar-refractivity contribution in [1.82, 2.24) is 5.32 Å². The molecule has 0 aromatic heterocycles. The third kappa shape index (κ3) is 4.18. The Morgan fingerprint density at radius 2 is 2.33 bits per heavy atom. The maximum absolute atomic E-state index is 10.9. The fourth-order valence-corrected chi connectivity index (χ4v) is 2.23. The van der Waals surface area contributed by atoms with Crippen LogP contribution >= 0.6 is 0 Å². The molecular formula is C11H21NO3. The van der Waals surface area contributed by atoms with Gasteiger partial charge in [-0.25, -0.2) is 0 Å². The van der Waals surface area contributed by atoms with Crippen molar-refractivity contribution in [3.63, 3.8) is 0 Å². The van der Waals surface area contributed by atoms with E-state index in [1.165, 1.54) is 20.0 Å². The Bertz CT molecular complexity index is 208. The second kappa shape index (κ2) is 6.08. The van der Waals surface area contributed by atoms with Crippen molar-refractivity contribution in [2.75, 3.05) is 13.7 Å². The van der Waals surface area contributed by atoms with Crippen LogP contribution in [0.5, 0.6) is 0 Å². The number of hydrogen-bond acceptors (Lipinski definition) is 3. The minimum atomic E-state index is -0.824. The van der Waals surface area contributed by atoms with Crippen molar-refractivity contribution >= 4 is 5.97 Å². The van der Waals surface area contributed by atoms with Gasteiger partial charge in [-0.3, -0.25) is 10.1 Å². The van der Waals surface area contributed by atoms with Gasteiger partial charge in [0.05, 0.1) is 6.61 Å². The lowest BCUT2D eigenvalue weighted by molar-refractivity contribution is -0.141. The van der Waals surface area contributed by atoms with Crippen molar-refractivity contribution in [2.45, 2.75) is 44.7 Å². The van der Waals surface area contributed by atoms with Crippen LogP contribution in [-0.4, -0.2) is 36.9 Å². The SMILES string of the molecule is COCC(NC1CCCC(C)C1)C(=O)O. The first-order chi connectivity index (χ1) is 7.13. The molecule has 4 nitrogen and oxygen atoms in total. The molecule has 1 rings (SSSR count). The van der Waals surface area contributed by atoms with Crippen LogP contribution < -0.4 is 5.32 Å². The monoisotopic (exact) mass is 215 g/mol. The van der Waals surface area contributed by atoms with Crippen LogP contribution in [0, 0.1) is 5.92 Å². The fraction of sp³-hybridized carbons (Fsp3) is 0.909. The van der Waals surface area contributed by atoms with Crippen LogP contribution in [-0.2, 0) is 9.53 Å². The molecule has 0 heterocycles. The van der Waals surface area contributed by atoms with E-state index in [4.69, 9.17) is 9.84 Å². The second-order valence-corrected chi connectivity index (χ2v) is 4.48. The number of nitrogens with one attached hydrogen (secondary N) is 1. The summed E-state index contributed by atoms with van der Waals surface area (Å²) >= 11 is 0. The van der Waals surface area contributed by atoms with Crippen molar-refractivity contribution in [1.29, 1.82) is 0 Å². The van der Waals surface area contributed by atoms with Gasteiger partial charge in [-0.05, 0) is 18.8 Å². The largest absolute Gasteiger partial charge is 0.480 e. The third-order valence-electron chi connectivity index (χ3n) is 3.00. The van der Waals surface area contributed by atoms with Gasteiger partial charge in [-0.2, -0.15) is 0 Å². The molecule has 3 unspecified atom stereocenters. The summed E-state index contributed by atoms with van der Waals surface area (Å²) in [6.07, 6.45) is 4.61. The van der Waals surface area contributed by atoms with Gasteiger partial charge in [0.25, 0.3) is 0 Å². The molecule has 4 heteroatoms. The maximum atomic E-state index is 10.9. The summed E-state index contributed by atoms with van der Waals surface area (Å²) in [4.78, 5) is 10.9. The molecule has 0 radical (unpaired) electrons. The minimum Gasteiger partial charge on any atom is -0.480 e. The summed E-state index contributed by atoms with van der Waals surface area (Å²) in [5.74, 6) is -0.122. The normalized spacial score (nSPS) is 28.7. The molecule has 1 saturated carbocycles. The fourth-order valence-electron chi connectivity index (χ4n) is 2.23. The Morgan fingerprint density at radius 3 is 2.87 bits per heavy atom. The Balaban J connectivity index is 2.39. The molecule has 88 valence electrons. The number of rotatable bonds is 5. The Hall–Kier alpha value is -0.610. The number of aliphatic carboxylic acids is 1. The molecule has 0 amide bonds. The highest BCUT2D eigenvalue weighted by atomic mass is 16.5. The van der Waals surface area contributed by atoms with E-state index in [0.717, 1.165) is 12.8 Å². The molecule has 15 heavy (non-hydrogen) atoms. The molecule has 0 aliphatic heterocycles. The first kappa shape index (κ1) is 12.5. The van der Waals surface area contributed by atoms with E-state index in [9.17, 15) is 4.79 Å². The minimum absolute atomic E-state index is 0.236. The Morgan fingerprint density at radius 1 is 1.60 bits per heavy atom. The van der Waals surface area contributed by atoms with Gasteiger partial charge in [0.15, 0.2) is 0 Å². The van der Waals surface area contributed by atoms with Crippen molar-refractivity contribution in [3.05, 3.63) is 0 Å². The van der Waals surface area contributed by atoms with E-state index in [-0.39, 0.29) is 6.61 Å². The molecule has 3 atom stereocenters. The smallest absolute Gasteiger partial charge is 0.323 e. The zero-order chi connectivity index (χ0) is 11.3. The average Bonchev–Trinajstić information content (AvgIpc) is 2.17. The van der Waals surface area contributed by atoms with Crippen LogP contribution in [0.2, 0.25) is 0 Å². The quantitative estimate of drug-likeness (QED) is 0.724. The first-order valence-corrected chi connectivity index (χ1v) is 5.61. The number of carboxylic acids is 1. The molecule has 1 aliphatic rings. The topological polar surface area (TPSA) is 58.6 Å². The van der Waals surface area contributed by atoms with E-state index >= 15 is 0 Å². The van der Waals surface area contributed by atoms with E-state index < -0.39 is 12.0 Å². The van der Waals surface area contributed by atoms with Gasteiger partial charge in [0.2, 0.25) is 0 Å². The van der Waals surface area contributed by atoms with Gasteiger partial charge in [0, 0.05) is 13.2 Å². The summed E-state index contributed by atoms with van der Waals surface area (Å²) in [5.41, 5.74) is 0. The predicted octanol–water partition coefficient (Wildman–Crippen LogP) is 1.25. The van der Waals surface area contributed by atoms with Crippen molar-refractivity contribution in [3.8, 4) is 0 Å². The zero-order valence-corrected chi connectivity index (χ0v) is 9.53. The van der Waals surface area contributed by atoms with E-state index in [0.29, 0.717) is 12.0 Å². The lowest BCUT2D eigenvalue weighted by atomic mass is 9.87. The van der Waals surface area contributed by atoms with E-state index in [2.05, 4.69) is 12.2 Å². The second-order valence-electron chi connectivity index (χ2n) is 4.48. The zero-order valence-electron chi connectivity index (χ0n) is 9.53. The standard InChI is InChI=1S/C11H21NO3/c1-8-4-3-5-9(6-8)12-10(7-15-2)11(13)14/h8-10,12H,3-7H2,1-2H3,(H,13,14). The van der Waals surface area contributed by atoms with Gasteiger partial charge >= 0.3 is 5.97 Å². The average molecular weight is 215 g/mol. The molecule has 1 fully saturated rings. The Labute approximate surface area is 91.0 Å². The van der Waals surface area contributed by atoms with E-state index in [1.807, 2.05) is 0 Å². The lowest BCUT2D eigenvalue weighted by Crippen LogP contribution is -2.47. The molecule has 1 aliphatic carbocycles. The highest BCUT2D eigenvalue weighted by Crippen LogP contribution is 2.23. The predicted molar refractivity (Wildman–Crippen MR) is 57.9 cm³/mol. The molecule has 0 aromatic rings. The van der Waals surface area contributed by atoms with Crippen LogP contribution in [0.4, 0.5) is 0 Å². The van der Waals surface area contributed by atoms with E-state index in [1.54, 1.807) is 0 Å². The first-order valence-electron chi connectivity index (χ1n) is 5.61. The van der Waals surface area contributed by atoms with Crippen LogP contribution in [0.3, 0.4) is 0 Å². The summed E-state index contributed by atoms with van der Waals surface area (Å²) < 4.78 is 4.89. The van der Waals surface area contributed by atoms with Crippen LogP contribution in [0.15, 0.2) is 0 Å². The van der Waals surface area contributed by atoms with Crippen LogP contribution in [0.25, 0.3) is 0 Å². The number of hydrogen-bond donors (Lipinski definition) is 2.